The third kappa shape index (κ3) is 7.06. The Morgan fingerprint density at radius 1 is 0.900 bits per heavy atom. The fourth-order valence-electron chi connectivity index (χ4n) is 14.9. The molecule has 9 nitrogen and oxygen atoms in total. The van der Waals surface area contributed by atoms with Gasteiger partial charge >= 0.3 is 11.9 Å². The van der Waals surface area contributed by atoms with Gasteiger partial charge < -0.3 is 24.8 Å². The van der Waals surface area contributed by atoms with Crippen molar-refractivity contribution in [2.24, 2.45) is 68.0 Å². The highest BCUT2D eigenvalue weighted by Gasteiger charge is 2.70. The number of aliphatic carboxylic acids is 1. The number of esters is 1. The van der Waals surface area contributed by atoms with E-state index in [1.54, 1.807) is 18.2 Å². The van der Waals surface area contributed by atoms with Crippen LogP contribution in [0.15, 0.2) is 29.3 Å². The molecule has 1 amide bonds. The summed E-state index contributed by atoms with van der Waals surface area (Å²) in [5.74, 6) is -0.0275. The largest absolute Gasteiger partial charge is 0.491 e. The molecule has 60 heavy (non-hydrogen) atoms. The van der Waals surface area contributed by atoms with Crippen molar-refractivity contribution in [2.45, 2.75) is 139 Å². The monoisotopic (exact) mass is 849 g/mol. The highest BCUT2D eigenvalue weighted by molar-refractivity contribution is 6.30. The summed E-state index contributed by atoms with van der Waals surface area (Å²) in [7, 11) is 3.96. The number of carboxylic acid groups (broad SMARTS) is 1. The Labute approximate surface area is 364 Å². The fourth-order valence-corrected chi connectivity index (χ4v) is 15.0. The standard InChI is InChI=1S/C50H73ClN2O7/c1-29(2)40-35(54)28-50(22-23-52-42(55)31-13-12-30(51)26-36(31)59-25-24-53(10)11)21-20-48(8)32(41(40)50)14-15-38-47(7)18-17-39(46(5,6)37(47)16-19-49(38,48)9)60-44(58)34-27-33(43(56)57)45(34,3)4/h12-13,26,29,32-34,37-39H,14-25,27-28H2,1-11H3,(H,52,55)(H,56,57)/t32-,33+,34-,37+,38-,39+,47+,48-,49-,50-/m1/s1. The third-order valence-corrected chi connectivity index (χ3v) is 18.7. The lowest BCUT2D eigenvalue weighted by atomic mass is 9.33. The molecule has 0 heterocycles. The topological polar surface area (TPSA) is 122 Å². The number of nitrogens with one attached hydrogen (secondary N) is 1. The number of Topliss-reactive ketones (excluding diaryl/α,β-unsaturated/α-hetero) is 1. The summed E-state index contributed by atoms with van der Waals surface area (Å²) in [5, 5.41) is 13.4. The number of carbonyl (C=O) groups is 4. The maximum atomic E-state index is 14.2. The zero-order valence-electron chi connectivity index (χ0n) is 38.4. The van der Waals surface area contributed by atoms with Crippen molar-refractivity contribution < 1.29 is 33.8 Å². The van der Waals surface area contributed by atoms with Crippen molar-refractivity contribution >= 4 is 35.2 Å². The van der Waals surface area contributed by atoms with Crippen LogP contribution in [-0.2, 0) is 19.1 Å². The number of hydrogen-bond acceptors (Lipinski definition) is 7. The molecular formula is C50H73ClN2O7. The first-order valence-corrected chi connectivity index (χ1v) is 23.4. The number of likely N-dealkylation sites (N-methyl/N-ethyl adjacent to an activating group) is 1. The average molecular weight is 850 g/mol. The molecule has 1 aromatic carbocycles. The summed E-state index contributed by atoms with van der Waals surface area (Å²) >= 11 is 6.32. The molecule has 10 atom stereocenters. The molecule has 332 valence electrons. The van der Waals surface area contributed by atoms with E-state index in [1.807, 2.05) is 32.8 Å². The Balaban J connectivity index is 1.09. The van der Waals surface area contributed by atoms with E-state index in [0.717, 1.165) is 63.4 Å². The second-order valence-electron chi connectivity index (χ2n) is 22.6. The molecule has 0 spiro atoms. The quantitative estimate of drug-likeness (QED) is 0.200. The molecule has 10 heteroatoms. The number of halogens is 1. The Hall–Kier alpha value is -2.91. The van der Waals surface area contributed by atoms with Crippen LogP contribution in [-0.4, -0.2) is 73.5 Å². The number of carboxylic acids is 1. The SMILES string of the molecule is CC(C)C1=C2[C@H]3CC[C@@H]4[C@@]5(C)CC[C@H](OC(=O)[C@H]6C[C@@H](C(=O)O)C6(C)C)C(C)(C)[C@@H]5CC[C@@]4(C)[C@]3(C)CC[C@@]2(CCNC(=O)c2ccc(Cl)cc2OCCN(C)C)CC1=O. The first-order chi connectivity index (χ1) is 27.9. The molecule has 0 saturated heterocycles. The number of fused-ring (bicyclic) bond motifs is 7. The maximum absolute atomic E-state index is 14.2. The number of allylic oxidation sites excluding steroid dienone is 2. The van der Waals surface area contributed by atoms with Crippen molar-refractivity contribution in [3.05, 3.63) is 39.9 Å². The van der Waals surface area contributed by atoms with E-state index in [4.69, 9.17) is 21.1 Å². The van der Waals surface area contributed by atoms with Gasteiger partial charge in [0.25, 0.3) is 5.91 Å². The van der Waals surface area contributed by atoms with Gasteiger partial charge in [-0.3, -0.25) is 19.2 Å². The van der Waals surface area contributed by atoms with Crippen LogP contribution in [0.4, 0.5) is 0 Å². The second-order valence-corrected chi connectivity index (χ2v) is 23.0. The zero-order valence-corrected chi connectivity index (χ0v) is 39.2. The van der Waals surface area contributed by atoms with Crippen LogP contribution in [0.3, 0.4) is 0 Å². The zero-order chi connectivity index (χ0) is 44.0. The number of rotatable bonds is 12. The summed E-state index contributed by atoms with van der Waals surface area (Å²) in [6, 6.07) is 5.17. The van der Waals surface area contributed by atoms with Crippen molar-refractivity contribution in [1.82, 2.24) is 10.2 Å². The number of carbonyl (C=O) groups excluding carboxylic acids is 3. The first kappa shape index (κ1) is 45.1. The minimum absolute atomic E-state index is 0.0167. The van der Waals surface area contributed by atoms with Crippen molar-refractivity contribution in [3.63, 3.8) is 0 Å². The molecule has 6 aliphatic carbocycles. The van der Waals surface area contributed by atoms with E-state index in [-0.39, 0.29) is 56.9 Å². The van der Waals surface area contributed by atoms with Crippen LogP contribution in [0.25, 0.3) is 0 Å². The Morgan fingerprint density at radius 2 is 1.62 bits per heavy atom. The van der Waals surface area contributed by atoms with E-state index in [1.165, 1.54) is 5.57 Å². The van der Waals surface area contributed by atoms with Crippen molar-refractivity contribution in [2.75, 3.05) is 33.8 Å². The van der Waals surface area contributed by atoms with Crippen LogP contribution in [0.1, 0.15) is 143 Å². The molecule has 2 N–H and O–H groups in total. The predicted octanol–water partition coefficient (Wildman–Crippen LogP) is 10.0. The van der Waals surface area contributed by atoms with E-state index in [9.17, 15) is 24.3 Å². The summed E-state index contributed by atoms with van der Waals surface area (Å²) in [6.07, 6.45) is 9.59. The number of benzene rings is 1. The van der Waals surface area contributed by atoms with E-state index in [0.29, 0.717) is 72.4 Å². The lowest BCUT2D eigenvalue weighted by Gasteiger charge is -2.72. The molecular weight excluding hydrogens is 776 g/mol. The average Bonchev–Trinajstić information content (AvgIpc) is 3.44. The normalized spacial score (nSPS) is 37.7. The van der Waals surface area contributed by atoms with Crippen LogP contribution in [0.5, 0.6) is 5.75 Å². The summed E-state index contributed by atoms with van der Waals surface area (Å²) in [5.41, 5.74) is 2.02. The third-order valence-electron chi connectivity index (χ3n) is 18.5. The van der Waals surface area contributed by atoms with E-state index >= 15 is 0 Å². The molecule has 0 radical (unpaired) electrons. The Bertz CT molecular complexity index is 1940. The highest BCUT2D eigenvalue weighted by Crippen LogP contribution is 2.77. The molecule has 7 rings (SSSR count). The van der Waals surface area contributed by atoms with Crippen molar-refractivity contribution in [1.29, 1.82) is 0 Å². The molecule has 5 fully saturated rings. The van der Waals surface area contributed by atoms with Gasteiger partial charge in [0.2, 0.25) is 0 Å². The van der Waals surface area contributed by atoms with Crippen molar-refractivity contribution in [3.8, 4) is 5.75 Å². The van der Waals surface area contributed by atoms with E-state index < -0.39 is 17.3 Å². The fraction of sp³-hybridized carbons (Fsp3) is 0.760. The smallest absolute Gasteiger partial charge is 0.309 e. The molecule has 0 aromatic heterocycles. The van der Waals surface area contributed by atoms with Crippen LogP contribution < -0.4 is 10.1 Å². The second kappa shape index (κ2) is 15.7. The van der Waals surface area contributed by atoms with Gasteiger partial charge in [0.05, 0.1) is 17.4 Å². The predicted molar refractivity (Wildman–Crippen MR) is 235 cm³/mol. The minimum atomic E-state index is -0.832. The van der Waals surface area contributed by atoms with Gasteiger partial charge in [-0.15, -0.1) is 0 Å². The van der Waals surface area contributed by atoms with Gasteiger partial charge in [-0.1, -0.05) is 79.5 Å². The molecule has 1 aromatic rings. The molecule has 0 aliphatic heterocycles. The Kier molecular flexibility index (Phi) is 11.8. The molecule has 5 saturated carbocycles. The van der Waals surface area contributed by atoms with Crippen LogP contribution in [0, 0.1) is 68.0 Å². The lowest BCUT2D eigenvalue weighted by molar-refractivity contribution is -0.236. The summed E-state index contributed by atoms with van der Waals surface area (Å²) in [6.45, 7) is 22.1. The molecule has 6 aliphatic rings. The van der Waals surface area contributed by atoms with E-state index in [2.05, 4.69) is 53.8 Å². The van der Waals surface area contributed by atoms with Gasteiger partial charge in [0.1, 0.15) is 18.5 Å². The van der Waals surface area contributed by atoms with Gasteiger partial charge in [-0.05, 0) is 147 Å². The highest BCUT2D eigenvalue weighted by atomic mass is 35.5. The summed E-state index contributed by atoms with van der Waals surface area (Å²) in [4.78, 5) is 55.4. The van der Waals surface area contributed by atoms with Crippen LogP contribution >= 0.6 is 11.6 Å². The number of nitrogens with zero attached hydrogens (tertiary/aromatic N) is 1. The van der Waals surface area contributed by atoms with Gasteiger partial charge in [0.15, 0.2) is 5.78 Å². The maximum Gasteiger partial charge on any atom is 0.309 e. The lowest BCUT2D eigenvalue weighted by Crippen LogP contribution is -2.66. The van der Waals surface area contributed by atoms with Gasteiger partial charge in [0, 0.05) is 35.4 Å². The number of ether oxygens (including phenoxy) is 2. The first-order valence-electron chi connectivity index (χ1n) is 23.0. The number of amides is 1. The Morgan fingerprint density at radius 3 is 2.27 bits per heavy atom. The van der Waals surface area contributed by atoms with Crippen LogP contribution in [0.2, 0.25) is 5.02 Å². The number of ketones is 1. The molecule has 0 unspecified atom stereocenters. The minimum Gasteiger partial charge on any atom is -0.491 e. The summed E-state index contributed by atoms with van der Waals surface area (Å²) < 4.78 is 12.5. The molecule has 0 bridgehead atoms. The van der Waals surface area contributed by atoms with Gasteiger partial charge in [-0.25, -0.2) is 0 Å². The number of hydrogen-bond donors (Lipinski definition) is 2. The van der Waals surface area contributed by atoms with Gasteiger partial charge in [-0.2, -0.15) is 0 Å².